The first kappa shape index (κ1) is 17.7. The molecule has 3 aromatic rings. The minimum Gasteiger partial charge on any atom is -0.544 e. The second-order valence-corrected chi connectivity index (χ2v) is 6.45. The summed E-state index contributed by atoms with van der Waals surface area (Å²) in [5.41, 5.74) is 0.771. The van der Waals surface area contributed by atoms with Gasteiger partial charge in [-0.15, -0.1) is 11.3 Å². The fourth-order valence-electron chi connectivity index (χ4n) is 2.54. The van der Waals surface area contributed by atoms with Crippen molar-refractivity contribution in [3.8, 4) is 11.5 Å². The maximum absolute atomic E-state index is 12.3. The number of aryl methyl sites for hydroxylation is 1. The molecule has 0 aliphatic rings. The molecular weight excluding hydrogens is 356 g/mol. The Hall–Kier alpha value is -3.13. The molecule has 7 nitrogen and oxygen atoms in total. The fraction of sp³-hybridized carbons (Fsp3) is 0.167. The standard InChI is InChI=1S/C18H16N2O5S/c1-9-14-16(21)19-13(20-17(14)26-15(9)18(22)23)5-4-10-6-11(24-2)8-12(7-10)25-3/h4-8H,1-3H3,(H,22,23)(H,19,20,21)/p-1/b5-4+. The van der Waals surface area contributed by atoms with E-state index in [0.717, 1.165) is 16.9 Å². The first-order valence-electron chi connectivity index (χ1n) is 7.59. The van der Waals surface area contributed by atoms with Crippen LogP contribution in [0.4, 0.5) is 0 Å². The molecule has 0 atom stereocenters. The second-order valence-electron chi connectivity index (χ2n) is 5.45. The lowest BCUT2D eigenvalue weighted by Crippen LogP contribution is -2.21. The molecule has 1 aromatic carbocycles. The number of carbonyl (C=O) groups excluding carboxylic acids is 1. The van der Waals surface area contributed by atoms with E-state index in [4.69, 9.17) is 9.47 Å². The predicted octanol–water partition coefficient (Wildman–Crippen LogP) is 1.84. The molecule has 0 fully saturated rings. The van der Waals surface area contributed by atoms with E-state index in [9.17, 15) is 14.7 Å². The summed E-state index contributed by atoms with van der Waals surface area (Å²) in [5.74, 6) is 0.266. The number of aromatic carboxylic acids is 1. The number of fused-ring (bicyclic) bond motifs is 1. The van der Waals surface area contributed by atoms with Crippen molar-refractivity contribution in [3.05, 3.63) is 50.4 Å². The first-order chi connectivity index (χ1) is 12.4. The minimum absolute atomic E-state index is 0.0108. The van der Waals surface area contributed by atoms with Gasteiger partial charge in [0.15, 0.2) is 0 Å². The molecule has 0 unspecified atom stereocenters. The summed E-state index contributed by atoms with van der Waals surface area (Å²) in [6.07, 6.45) is 3.37. The van der Waals surface area contributed by atoms with Gasteiger partial charge in [-0.2, -0.15) is 0 Å². The molecule has 1 N–H and O–H groups in total. The number of thiophene rings is 1. The minimum atomic E-state index is -1.31. The maximum Gasteiger partial charge on any atom is 0.260 e. The molecule has 3 rings (SSSR count). The normalized spacial score (nSPS) is 11.2. The van der Waals surface area contributed by atoms with Crippen LogP contribution in [0.25, 0.3) is 22.4 Å². The summed E-state index contributed by atoms with van der Waals surface area (Å²) in [6, 6.07) is 5.36. The van der Waals surface area contributed by atoms with Gasteiger partial charge in [0.1, 0.15) is 22.2 Å². The van der Waals surface area contributed by atoms with Crippen LogP contribution in [0, 0.1) is 6.92 Å². The number of H-pyrrole nitrogens is 1. The van der Waals surface area contributed by atoms with Crippen LogP contribution in [0.1, 0.15) is 26.6 Å². The van der Waals surface area contributed by atoms with Gasteiger partial charge >= 0.3 is 0 Å². The lowest BCUT2D eigenvalue weighted by molar-refractivity contribution is -0.254. The van der Waals surface area contributed by atoms with Crippen molar-refractivity contribution in [2.75, 3.05) is 14.2 Å². The van der Waals surface area contributed by atoms with Crippen LogP contribution in [0.2, 0.25) is 0 Å². The van der Waals surface area contributed by atoms with Gasteiger partial charge in [-0.05, 0) is 36.3 Å². The van der Waals surface area contributed by atoms with Crippen molar-refractivity contribution in [1.82, 2.24) is 9.97 Å². The number of carboxylic acids is 1. The number of hydrogen-bond donors (Lipinski definition) is 1. The van der Waals surface area contributed by atoms with E-state index in [2.05, 4.69) is 9.97 Å². The van der Waals surface area contributed by atoms with Gasteiger partial charge < -0.3 is 24.4 Å². The zero-order valence-corrected chi connectivity index (χ0v) is 15.1. The van der Waals surface area contributed by atoms with Gasteiger partial charge in [0.25, 0.3) is 5.56 Å². The molecule has 26 heavy (non-hydrogen) atoms. The van der Waals surface area contributed by atoms with Crippen molar-refractivity contribution in [1.29, 1.82) is 0 Å². The van der Waals surface area contributed by atoms with Crippen molar-refractivity contribution < 1.29 is 19.4 Å². The first-order valence-corrected chi connectivity index (χ1v) is 8.40. The highest BCUT2D eigenvalue weighted by atomic mass is 32.1. The third kappa shape index (κ3) is 3.31. The highest BCUT2D eigenvalue weighted by Crippen LogP contribution is 2.27. The Morgan fingerprint density at radius 2 is 1.85 bits per heavy atom. The van der Waals surface area contributed by atoms with Crippen LogP contribution < -0.4 is 20.1 Å². The number of rotatable bonds is 5. The van der Waals surface area contributed by atoms with Crippen molar-refractivity contribution in [2.45, 2.75) is 6.92 Å². The molecular formula is C18H15N2O5S-. The molecule has 0 amide bonds. The van der Waals surface area contributed by atoms with Crippen molar-refractivity contribution in [2.24, 2.45) is 0 Å². The zero-order chi connectivity index (χ0) is 18.8. The van der Waals surface area contributed by atoms with Crippen molar-refractivity contribution in [3.63, 3.8) is 0 Å². The van der Waals surface area contributed by atoms with Gasteiger partial charge in [0, 0.05) is 6.07 Å². The van der Waals surface area contributed by atoms with E-state index in [1.54, 1.807) is 51.5 Å². The Balaban J connectivity index is 2.03. The van der Waals surface area contributed by atoms with Crippen LogP contribution in [0.3, 0.4) is 0 Å². The van der Waals surface area contributed by atoms with E-state index < -0.39 is 5.97 Å². The number of benzene rings is 1. The summed E-state index contributed by atoms with van der Waals surface area (Å²) in [7, 11) is 3.12. The van der Waals surface area contributed by atoms with Gasteiger partial charge in [-0.1, -0.05) is 6.08 Å². The van der Waals surface area contributed by atoms with E-state index in [1.165, 1.54) is 0 Å². The van der Waals surface area contributed by atoms with Crippen LogP contribution in [0.15, 0.2) is 23.0 Å². The SMILES string of the molecule is COc1cc(/C=C/c2nc3sc(C(=O)[O-])c(C)c3c(=O)[nH]2)cc(OC)c1. The van der Waals surface area contributed by atoms with Gasteiger partial charge in [0.05, 0.1) is 30.5 Å². The van der Waals surface area contributed by atoms with Crippen molar-refractivity contribution >= 4 is 39.7 Å². The summed E-state index contributed by atoms with van der Waals surface area (Å²) >= 11 is 0.927. The third-order valence-corrected chi connectivity index (χ3v) is 4.98. The molecule has 8 heteroatoms. The third-order valence-electron chi connectivity index (χ3n) is 3.81. The van der Waals surface area contributed by atoms with Gasteiger partial charge in [-0.3, -0.25) is 4.79 Å². The lowest BCUT2D eigenvalue weighted by Gasteiger charge is -2.05. The molecule has 2 aromatic heterocycles. The highest BCUT2D eigenvalue weighted by molar-refractivity contribution is 7.20. The number of aromatic nitrogens is 2. The number of methoxy groups -OCH3 is 2. The predicted molar refractivity (Wildman–Crippen MR) is 97.8 cm³/mol. The van der Waals surface area contributed by atoms with Crippen LogP contribution in [0.5, 0.6) is 11.5 Å². The Morgan fingerprint density at radius 1 is 1.19 bits per heavy atom. The average molecular weight is 371 g/mol. The molecule has 0 saturated heterocycles. The Morgan fingerprint density at radius 3 is 2.42 bits per heavy atom. The van der Waals surface area contributed by atoms with E-state index in [0.29, 0.717) is 27.7 Å². The highest BCUT2D eigenvalue weighted by Gasteiger charge is 2.14. The number of aromatic amines is 1. The molecule has 0 spiro atoms. The molecule has 0 bridgehead atoms. The summed E-state index contributed by atoms with van der Waals surface area (Å²) in [6.45, 7) is 1.57. The summed E-state index contributed by atoms with van der Waals surface area (Å²) in [4.78, 5) is 30.8. The summed E-state index contributed by atoms with van der Waals surface area (Å²) < 4.78 is 10.4. The molecule has 2 heterocycles. The van der Waals surface area contributed by atoms with E-state index in [-0.39, 0.29) is 15.8 Å². The van der Waals surface area contributed by atoms with E-state index in [1.807, 2.05) is 0 Å². The number of hydrogen-bond acceptors (Lipinski definition) is 7. The van der Waals surface area contributed by atoms with Crippen LogP contribution in [-0.2, 0) is 0 Å². The molecule has 134 valence electrons. The Kier molecular flexibility index (Phi) is 4.77. The summed E-state index contributed by atoms with van der Waals surface area (Å²) in [5, 5.41) is 11.4. The Labute approximate surface area is 152 Å². The van der Waals surface area contributed by atoms with Crippen LogP contribution >= 0.6 is 11.3 Å². The lowest BCUT2D eigenvalue weighted by atomic mass is 10.2. The van der Waals surface area contributed by atoms with Gasteiger partial charge in [0.2, 0.25) is 0 Å². The number of ether oxygens (including phenoxy) is 2. The molecule has 0 saturated carbocycles. The number of nitrogens with one attached hydrogen (secondary N) is 1. The average Bonchev–Trinajstić information content (AvgIpc) is 2.97. The number of carbonyl (C=O) groups is 1. The smallest absolute Gasteiger partial charge is 0.260 e. The van der Waals surface area contributed by atoms with Crippen LogP contribution in [-0.4, -0.2) is 30.2 Å². The molecule has 0 radical (unpaired) electrons. The quantitative estimate of drug-likeness (QED) is 0.734. The van der Waals surface area contributed by atoms with Gasteiger partial charge in [-0.25, -0.2) is 4.98 Å². The fourth-order valence-corrected chi connectivity index (χ4v) is 3.56. The monoisotopic (exact) mass is 371 g/mol. The second kappa shape index (κ2) is 7.01. The number of carboxylic acid groups (broad SMARTS) is 1. The number of nitrogens with zero attached hydrogens (tertiary/aromatic N) is 1. The maximum atomic E-state index is 12.3. The topological polar surface area (TPSA) is 104 Å². The zero-order valence-electron chi connectivity index (χ0n) is 14.3. The molecule has 0 aliphatic carbocycles. The Bertz CT molecular complexity index is 1060. The largest absolute Gasteiger partial charge is 0.544 e. The van der Waals surface area contributed by atoms with E-state index >= 15 is 0 Å². The molecule has 0 aliphatic heterocycles.